The lowest BCUT2D eigenvalue weighted by Crippen LogP contribution is -2.26. The van der Waals surface area contributed by atoms with Crippen LogP contribution < -0.4 is 9.62 Å². The molecule has 1 aliphatic heterocycles. The summed E-state index contributed by atoms with van der Waals surface area (Å²) >= 11 is 0. The quantitative estimate of drug-likeness (QED) is 0.863. The molecular weight excluding hydrogens is 319 g/mol. The van der Waals surface area contributed by atoms with Crippen molar-refractivity contribution >= 4 is 21.6 Å². The predicted octanol–water partition coefficient (Wildman–Crippen LogP) is 2.42. The van der Waals surface area contributed by atoms with Crippen LogP contribution in [0.1, 0.15) is 38.7 Å². The molecule has 0 aliphatic carbocycles. The van der Waals surface area contributed by atoms with Crippen LogP contribution >= 0.6 is 0 Å². The number of carbonyl (C=O) groups is 1. The van der Waals surface area contributed by atoms with E-state index in [1.807, 2.05) is 13.8 Å². The van der Waals surface area contributed by atoms with Crippen molar-refractivity contribution in [3.05, 3.63) is 29.6 Å². The lowest BCUT2D eigenvalue weighted by Gasteiger charge is -2.18. The molecule has 23 heavy (non-hydrogen) atoms. The van der Waals surface area contributed by atoms with Crippen LogP contribution in [0.4, 0.5) is 10.1 Å². The molecular formula is C16H23FN2O3S. The summed E-state index contributed by atoms with van der Waals surface area (Å²) in [6.45, 7) is 4.58. The Morgan fingerprint density at radius 2 is 2.17 bits per heavy atom. The van der Waals surface area contributed by atoms with Crippen molar-refractivity contribution in [1.29, 1.82) is 0 Å². The Morgan fingerprint density at radius 1 is 1.43 bits per heavy atom. The van der Waals surface area contributed by atoms with Gasteiger partial charge in [-0.15, -0.1) is 0 Å². The van der Waals surface area contributed by atoms with Gasteiger partial charge in [-0.05, 0) is 30.0 Å². The summed E-state index contributed by atoms with van der Waals surface area (Å²) in [5.41, 5.74) is 0.692. The second kappa shape index (κ2) is 7.29. The third-order valence-electron chi connectivity index (χ3n) is 4.10. The molecule has 1 heterocycles. The minimum atomic E-state index is -3.39. The third-order valence-corrected chi connectivity index (χ3v) is 5.96. The van der Waals surface area contributed by atoms with Crippen LogP contribution in [0.3, 0.4) is 0 Å². The van der Waals surface area contributed by atoms with E-state index in [9.17, 15) is 17.6 Å². The van der Waals surface area contributed by atoms with Crippen LogP contribution in [0.15, 0.2) is 18.2 Å². The van der Waals surface area contributed by atoms with E-state index in [0.29, 0.717) is 30.9 Å². The highest BCUT2D eigenvalue weighted by atomic mass is 32.2. The van der Waals surface area contributed by atoms with Crippen LogP contribution in [0.25, 0.3) is 0 Å². The molecule has 0 bridgehead atoms. The molecule has 0 aromatic heterocycles. The topological polar surface area (TPSA) is 66.5 Å². The normalized spacial score (nSPS) is 18.0. The highest BCUT2D eigenvalue weighted by Crippen LogP contribution is 2.27. The zero-order chi connectivity index (χ0) is 17.0. The van der Waals surface area contributed by atoms with Gasteiger partial charge >= 0.3 is 0 Å². The first kappa shape index (κ1) is 17.7. The number of hydrogen-bond donors (Lipinski definition) is 1. The molecule has 1 aromatic carbocycles. The number of benzene rings is 1. The van der Waals surface area contributed by atoms with Crippen molar-refractivity contribution in [2.24, 2.45) is 5.92 Å². The van der Waals surface area contributed by atoms with Crippen LogP contribution in [-0.2, 0) is 21.4 Å². The number of nitrogens with one attached hydrogen (secondary N) is 1. The van der Waals surface area contributed by atoms with Gasteiger partial charge in [-0.1, -0.05) is 26.3 Å². The Balaban J connectivity index is 2.01. The average Bonchev–Trinajstić information content (AvgIpc) is 2.84. The molecule has 0 radical (unpaired) electrons. The maximum absolute atomic E-state index is 14.2. The van der Waals surface area contributed by atoms with E-state index in [4.69, 9.17) is 0 Å². The molecule has 1 saturated heterocycles. The molecule has 1 atom stereocenters. The van der Waals surface area contributed by atoms with Gasteiger partial charge in [0.05, 0.1) is 11.4 Å². The van der Waals surface area contributed by atoms with Crippen molar-refractivity contribution in [3.8, 4) is 0 Å². The summed E-state index contributed by atoms with van der Waals surface area (Å²) in [6, 6.07) is 4.40. The maximum atomic E-state index is 14.2. The van der Waals surface area contributed by atoms with Crippen molar-refractivity contribution in [2.45, 2.75) is 39.7 Å². The predicted molar refractivity (Wildman–Crippen MR) is 88.1 cm³/mol. The Hall–Kier alpha value is -1.63. The zero-order valence-corrected chi connectivity index (χ0v) is 14.3. The van der Waals surface area contributed by atoms with Crippen LogP contribution in [0, 0.1) is 11.7 Å². The first-order valence-electron chi connectivity index (χ1n) is 7.89. The minimum absolute atomic E-state index is 0.0554. The number of hydrogen-bond acceptors (Lipinski definition) is 3. The monoisotopic (exact) mass is 342 g/mol. The smallest absolute Gasteiger partial charge is 0.235 e. The number of amides is 1. The largest absolute Gasteiger partial charge is 0.352 e. The summed E-state index contributed by atoms with van der Waals surface area (Å²) in [6.07, 6.45) is 1.89. The van der Waals surface area contributed by atoms with Crippen LogP contribution in [0.5, 0.6) is 0 Å². The lowest BCUT2D eigenvalue weighted by molar-refractivity contribution is -0.122. The molecule has 0 spiro atoms. The summed E-state index contributed by atoms with van der Waals surface area (Å²) in [5, 5.41) is 2.76. The molecule has 2 rings (SSSR count). The fourth-order valence-corrected chi connectivity index (χ4v) is 4.08. The highest BCUT2D eigenvalue weighted by molar-refractivity contribution is 7.93. The molecule has 0 unspecified atom stereocenters. The number of sulfonamides is 1. The zero-order valence-electron chi connectivity index (χ0n) is 13.5. The molecule has 1 aliphatic rings. The van der Waals surface area contributed by atoms with Crippen molar-refractivity contribution in [1.82, 2.24) is 5.32 Å². The number of anilines is 1. The molecule has 7 heteroatoms. The van der Waals surface area contributed by atoms with Gasteiger partial charge < -0.3 is 5.32 Å². The van der Waals surface area contributed by atoms with Gasteiger partial charge in [0.2, 0.25) is 15.9 Å². The number of carbonyl (C=O) groups excluding carboxylic acids is 1. The molecule has 1 fully saturated rings. The van der Waals surface area contributed by atoms with Gasteiger partial charge in [0.1, 0.15) is 5.82 Å². The fourth-order valence-electron chi connectivity index (χ4n) is 2.51. The van der Waals surface area contributed by atoms with Crippen LogP contribution in [0.2, 0.25) is 0 Å². The summed E-state index contributed by atoms with van der Waals surface area (Å²) in [7, 11) is -3.39. The Bertz CT molecular complexity index is 676. The van der Waals surface area contributed by atoms with Gasteiger partial charge in [-0.3, -0.25) is 9.10 Å². The number of rotatable bonds is 6. The second-order valence-corrected chi connectivity index (χ2v) is 8.03. The Morgan fingerprint density at radius 3 is 2.74 bits per heavy atom. The second-order valence-electron chi connectivity index (χ2n) is 6.02. The maximum Gasteiger partial charge on any atom is 0.235 e. The highest BCUT2D eigenvalue weighted by Gasteiger charge is 2.30. The van der Waals surface area contributed by atoms with Crippen molar-refractivity contribution in [3.63, 3.8) is 0 Å². The van der Waals surface area contributed by atoms with Crippen molar-refractivity contribution in [2.75, 3.05) is 16.6 Å². The van der Waals surface area contributed by atoms with E-state index in [1.54, 1.807) is 6.07 Å². The Labute approximate surface area is 136 Å². The van der Waals surface area contributed by atoms with Crippen LogP contribution in [-0.4, -0.2) is 26.6 Å². The number of halogens is 1. The molecule has 1 aromatic rings. The molecule has 1 amide bonds. The SMILES string of the molecule is CC[C@H](C)CC(=O)NCc1ccc(N2CCCS2(=O)=O)c(F)c1. The summed E-state index contributed by atoms with van der Waals surface area (Å²) < 4.78 is 39.0. The van der Waals surface area contributed by atoms with Gasteiger partial charge in [0.15, 0.2) is 0 Å². The summed E-state index contributed by atoms with van der Waals surface area (Å²) in [5.74, 6) is -0.274. The van der Waals surface area contributed by atoms with Crippen molar-refractivity contribution < 1.29 is 17.6 Å². The molecule has 128 valence electrons. The number of nitrogens with zero attached hydrogens (tertiary/aromatic N) is 1. The van der Waals surface area contributed by atoms with E-state index in [0.717, 1.165) is 10.7 Å². The van der Waals surface area contributed by atoms with Gasteiger partial charge in [0.25, 0.3) is 0 Å². The van der Waals surface area contributed by atoms with E-state index >= 15 is 0 Å². The lowest BCUT2D eigenvalue weighted by atomic mass is 10.1. The minimum Gasteiger partial charge on any atom is -0.352 e. The summed E-state index contributed by atoms with van der Waals surface area (Å²) in [4.78, 5) is 11.7. The first-order chi connectivity index (χ1) is 10.8. The third kappa shape index (κ3) is 4.43. The fraction of sp³-hybridized carbons (Fsp3) is 0.562. The molecule has 5 nitrogen and oxygen atoms in total. The first-order valence-corrected chi connectivity index (χ1v) is 9.50. The van der Waals surface area contributed by atoms with E-state index in [-0.39, 0.29) is 23.9 Å². The Kier molecular flexibility index (Phi) is 5.62. The molecule has 1 N–H and O–H groups in total. The van der Waals surface area contributed by atoms with Gasteiger partial charge in [-0.25, -0.2) is 12.8 Å². The molecule has 0 saturated carbocycles. The van der Waals surface area contributed by atoms with E-state index in [1.165, 1.54) is 12.1 Å². The van der Waals surface area contributed by atoms with Gasteiger partial charge in [0, 0.05) is 19.5 Å². The van der Waals surface area contributed by atoms with E-state index < -0.39 is 15.8 Å². The average molecular weight is 342 g/mol. The van der Waals surface area contributed by atoms with E-state index in [2.05, 4.69) is 5.32 Å². The van der Waals surface area contributed by atoms with Gasteiger partial charge in [-0.2, -0.15) is 0 Å². The standard InChI is InChI=1S/C16H23FN2O3S/c1-3-12(2)9-16(20)18-11-13-5-6-15(14(17)10-13)19-7-4-8-23(19,21)22/h5-6,10,12H,3-4,7-9,11H2,1-2H3,(H,18,20)/t12-/m0/s1.